The monoisotopic (exact) mass is 298 g/mol. The van der Waals surface area contributed by atoms with Gasteiger partial charge in [-0.05, 0) is 23.1 Å². The van der Waals surface area contributed by atoms with Gasteiger partial charge in [0.05, 0.1) is 12.3 Å². The van der Waals surface area contributed by atoms with Gasteiger partial charge < -0.3 is 0 Å². The van der Waals surface area contributed by atoms with Gasteiger partial charge in [0.15, 0.2) is 0 Å². The highest BCUT2D eigenvalue weighted by Gasteiger charge is 2.56. The van der Waals surface area contributed by atoms with Gasteiger partial charge in [-0.2, -0.15) is 15.6 Å². The molecule has 1 fully saturated rings. The summed E-state index contributed by atoms with van der Waals surface area (Å²) in [7, 11) is 0. The Morgan fingerprint density at radius 3 is 2.43 bits per heavy atom. The lowest BCUT2D eigenvalue weighted by Gasteiger charge is -2.33. The lowest BCUT2D eigenvalue weighted by Crippen LogP contribution is -2.43. The number of nitriles is 2. The molecule has 0 unspecified atom stereocenters. The highest BCUT2D eigenvalue weighted by Crippen LogP contribution is 2.52. The molecule has 2 aromatic carbocycles. The Morgan fingerprint density at radius 1 is 1.00 bits per heavy atom. The molecule has 0 bridgehead atoms. The standard InChI is InChI=1S/C19H14N4/c20-12-19(13-21)17(14-6-2-1-3-7-14)10-18-16-9-5-4-8-15(16)11-22-23(18)19/h1-9,11,17-18H,10H2/t17-,18-/m1/s1. The molecule has 23 heavy (non-hydrogen) atoms. The summed E-state index contributed by atoms with van der Waals surface area (Å²) in [6.07, 6.45) is 2.46. The van der Waals surface area contributed by atoms with Crippen LogP contribution in [0.2, 0.25) is 0 Å². The van der Waals surface area contributed by atoms with E-state index in [0.717, 1.165) is 16.7 Å². The molecule has 0 aliphatic carbocycles. The lowest BCUT2D eigenvalue weighted by atomic mass is 9.81. The van der Waals surface area contributed by atoms with E-state index in [-0.39, 0.29) is 12.0 Å². The Kier molecular flexibility index (Phi) is 2.93. The molecule has 0 radical (unpaired) electrons. The molecule has 2 atom stereocenters. The first-order valence-corrected chi connectivity index (χ1v) is 7.60. The molecule has 2 aliphatic heterocycles. The van der Waals surface area contributed by atoms with E-state index in [1.54, 1.807) is 11.2 Å². The quantitative estimate of drug-likeness (QED) is 0.811. The summed E-state index contributed by atoms with van der Waals surface area (Å²) in [5.41, 5.74) is 1.94. The maximum atomic E-state index is 9.85. The molecule has 4 nitrogen and oxygen atoms in total. The van der Waals surface area contributed by atoms with E-state index in [4.69, 9.17) is 0 Å². The van der Waals surface area contributed by atoms with Crippen LogP contribution in [-0.4, -0.2) is 16.8 Å². The third-order valence-electron chi connectivity index (χ3n) is 4.84. The average molecular weight is 298 g/mol. The molecular weight excluding hydrogens is 284 g/mol. The van der Waals surface area contributed by atoms with Crippen LogP contribution in [0.4, 0.5) is 0 Å². The molecule has 0 spiro atoms. The molecule has 2 aliphatic rings. The highest BCUT2D eigenvalue weighted by atomic mass is 15.5. The second-order valence-electron chi connectivity index (χ2n) is 5.92. The fraction of sp³-hybridized carbons (Fsp3) is 0.211. The van der Waals surface area contributed by atoms with Gasteiger partial charge >= 0.3 is 0 Å². The van der Waals surface area contributed by atoms with Gasteiger partial charge in [0.2, 0.25) is 5.54 Å². The van der Waals surface area contributed by atoms with E-state index in [0.29, 0.717) is 6.42 Å². The van der Waals surface area contributed by atoms with Crippen molar-refractivity contribution < 1.29 is 0 Å². The minimum atomic E-state index is -1.27. The number of fused-ring (bicyclic) bond motifs is 3. The molecule has 0 aromatic heterocycles. The van der Waals surface area contributed by atoms with Gasteiger partial charge in [-0.25, -0.2) is 0 Å². The van der Waals surface area contributed by atoms with Crippen LogP contribution in [0, 0.1) is 22.7 Å². The summed E-state index contributed by atoms with van der Waals surface area (Å²) < 4.78 is 0. The SMILES string of the molecule is N#CC1(C#N)[C@@H](c2ccccc2)C[C@@H]2c3ccccc3C=NN21. The van der Waals surface area contributed by atoms with Gasteiger partial charge in [0.1, 0.15) is 12.1 Å². The van der Waals surface area contributed by atoms with Crippen molar-refractivity contribution in [3.05, 3.63) is 71.3 Å². The van der Waals surface area contributed by atoms with Crippen LogP contribution in [0.1, 0.15) is 35.1 Å². The van der Waals surface area contributed by atoms with Crippen molar-refractivity contribution in [2.75, 3.05) is 0 Å². The summed E-state index contributed by atoms with van der Waals surface area (Å²) in [4.78, 5) is 0. The highest BCUT2D eigenvalue weighted by molar-refractivity contribution is 5.83. The third kappa shape index (κ3) is 1.79. The lowest BCUT2D eigenvalue weighted by molar-refractivity contribution is 0.183. The molecule has 0 amide bonds. The first-order valence-electron chi connectivity index (χ1n) is 7.60. The molecule has 1 saturated heterocycles. The van der Waals surface area contributed by atoms with Crippen molar-refractivity contribution in [1.29, 1.82) is 10.5 Å². The van der Waals surface area contributed by atoms with Gasteiger partial charge in [0, 0.05) is 5.92 Å². The Balaban J connectivity index is 1.88. The molecule has 0 N–H and O–H groups in total. The number of rotatable bonds is 1. The predicted octanol–water partition coefficient (Wildman–Crippen LogP) is 3.35. The molecule has 0 saturated carbocycles. The van der Waals surface area contributed by atoms with E-state index in [1.165, 1.54) is 0 Å². The van der Waals surface area contributed by atoms with Gasteiger partial charge in [0.25, 0.3) is 0 Å². The number of hydrazone groups is 1. The predicted molar refractivity (Wildman–Crippen MR) is 86.4 cm³/mol. The number of hydrogen-bond donors (Lipinski definition) is 0. The zero-order chi connectivity index (χ0) is 15.9. The van der Waals surface area contributed by atoms with Gasteiger partial charge in [-0.1, -0.05) is 54.6 Å². The minimum Gasteiger partial charge on any atom is -0.255 e. The summed E-state index contributed by atoms with van der Waals surface area (Å²) in [5, 5.41) is 25.9. The van der Waals surface area contributed by atoms with Crippen LogP contribution in [-0.2, 0) is 0 Å². The topological polar surface area (TPSA) is 63.2 Å². The van der Waals surface area contributed by atoms with E-state index >= 15 is 0 Å². The Bertz CT molecular complexity index is 843. The van der Waals surface area contributed by atoms with E-state index < -0.39 is 5.54 Å². The molecule has 2 aromatic rings. The first kappa shape index (κ1) is 13.5. The van der Waals surface area contributed by atoms with Gasteiger partial charge in [-0.3, -0.25) is 5.01 Å². The molecule has 4 rings (SSSR count). The zero-order valence-corrected chi connectivity index (χ0v) is 12.4. The van der Waals surface area contributed by atoms with E-state index in [1.807, 2.05) is 48.5 Å². The number of hydrogen-bond acceptors (Lipinski definition) is 4. The summed E-state index contributed by atoms with van der Waals surface area (Å²) in [5.74, 6) is -0.188. The average Bonchev–Trinajstić information content (AvgIpc) is 2.97. The molecule has 2 heterocycles. The van der Waals surface area contributed by atoms with Crippen LogP contribution in [0.3, 0.4) is 0 Å². The van der Waals surface area contributed by atoms with Crippen molar-refractivity contribution in [1.82, 2.24) is 5.01 Å². The second-order valence-corrected chi connectivity index (χ2v) is 5.92. The van der Waals surface area contributed by atoms with Crippen molar-refractivity contribution in [2.45, 2.75) is 23.9 Å². The number of benzene rings is 2. The summed E-state index contributed by atoms with van der Waals surface area (Å²) >= 11 is 0. The molecular formula is C19H14N4. The third-order valence-corrected chi connectivity index (χ3v) is 4.84. The van der Waals surface area contributed by atoms with Crippen molar-refractivity contribution in [2.24, 2.45) is 5.10 Å². The molecule has 110 valence electrons. The van der Waals surface area contributed by atoms with Crippen LogP contribution in [0.25, 0.3) is 0 Å². The maximum Gasteiger partial charge on any atom is 0.236 e. The summed E-state index contributed by atoms with van der Waals surface area (Å²) in [6.45, 7) is 0. The van der Waals surface area contributed by atoms with Crippen molar-refractivity contribution in [3.8, 4) is 12.1 Å². The Hall–Kier alpha value is -3.11. The minimum absolute atomic E-state index is 0.0410. The smallest absolute Gasteiger partial charge is 0.236 e. The summed E-state index contributed by atoms with van der Waals surface area (Å²) in [6, 6.07) is 22.3. The maximum absolute atomic E-state index is 9.85. The second kappa shape index (κ2) is 4.97. The Morgan fingerprint density at radius 2 is 1.70 bits per heavy atom. The van der Waals surface area contributed by atoms with Crippen molar-refractivity contribution >= 4 is 6.21 Å². The molecule has 4 heteroatoms. The largest absolute Gasteiger partial charge is 0.255 e. The fourth-order valence-corrected chi connectivity index (χ4v) is 3.73. The number of nitrogens with zero attached hydrogens (tertiary/aromatic N) is 4. The zero-order valence-electron chi connectivity index (χ0n) is 12.4. The van der Waals surface area contributed by atoms with E-state index in [9.17, 15) is 10.5 Å². The van der Waals surface area contributed by atoms with Gasteiger partial charge in [-0.15, -0.1) is 0 Å². The first-order chi connectivity index (χ1) is 11.3. The fourth-order valence-electron chi connectivity index (χ4n) is 3.73. The normalized spacial score (nSPS) is 23.5. The van der Waals surface area contributed by atoms with E-state index in [2.05, 4.69) is 23.3 Å². The van der Waals surface area contributed by atoms with Crippen LogP contribution < -0.4 is 0 Å². The van der Waals surface area contributed by atoms with Crippen LogP contribution >= 0.6 is 0 Å². The van der Waals surface area contributed by atoms with Crippen LogP contribution in [0.15, 0.2) is 59.7 Å². The van der Waals surface area contributed by atoms with Crippen molar-refractivity contribution in [3.63, 3.8) is 0 Å². The van der Waals surface area contributed by atoms with Crippen LogP contribution in [0.5, 0.6) is 0 Å². The Labute approximate surface area is 134 Å².